The molecule has 3 aliphatic carbocycles. The fourth-order valence-electron chi connectivity index (χ4n) is 16.7. The van der Waals surface area contributed by atoms with E-state index in [2.05, 4.69) is 290 Å². The van der Waals surface area contributed by atoms with Crippen LogP contribution in [0.1, 0.15) is 61.1 Å². The summed E-state index contributed by atoms with van der Waals surface area (Å²) in [5.41, 5.74) is 27.3. The molecule has 12 aromatic carbocycles. The molecular formula is C93H62ClN7S2. The Labute approximate surface area is 607 Å². The zero-order valence-corrected chi connectivity index (χ0v) is 59.1. The first-order valence-corrected chi connectivity index (χ1v) is 36.9. The highest BCUT2D eigenvalue weighted by Crippen LogP contribution is 2.55. The van der Waals surface area contributed by atoms with Crippen LogP contribution in [0.5, 0.6) is 0 Å². The molecule has 0 saturated carbocycles. The first-order valence-electron chi connectivity index (χ1n) is 34.9. The predicted octanol–water partition coefficient (Wildman–Crippen LogP) is 25.1. The third kappa shape index (κ3) is 9.74. The molecule has 0 aliphatic heterocycles. The van der Waals surface area contributed by atoms with E-state index in [1.165, 1.54) is 126 Å². The molecule has 0 saturated heterocycles. The van der Waals surface area contributed by atoms with E-state index in [0.29, 0.717) is 16.8 Å². The molecule has 7 aromatic heterocycles. The Hall–Kier alpha value is -11.9. The summed E-state index contributed by atoms with van der Waals surface area (Å²) in [5, 5.41) is 10.3. The van der Waals surface area contributed by atoms with Crippen molar-refractivity contribution in [2.75, 3.05) is 0 Å². The van der Waals surface area contributed by atoms with Gasteiger partial charge in [0.2, 0.25) is 0 Å². The highest BCUT2D eigenvalue weighted by atomic mass is 35.5. The van der Waals surface area contributed by atoms with Crippen LogP contribution < -0.4 is 0 Å². The van der Waals surface area contributed by atoms with Crippen LogP contribution in [0.2, 0.25) is 5.15 Å². The summed E-state index contributed by atoms with van der Waals surface area (Å²) in [4.78, 5) is 28.7. The lowest BCUT2D eigenvalue weighted by Crippen LogP contribution is -2.14. The number of halogens is 1. The Morgan fingerprint density at radius 3 is 1.43 bits per heavy atom. The van der Waals surface area contributed by atoms with Crippen molar-refractivity contribution in [3.8, 4) is 84.2 Å². The van der Waals surface area contributed by atoms with Crippen molar-refractivity contribution in [2.24, 2.45) is 0 Å². The van der Waals surface area contributed by atoms with Crippen LogP contribution in [0.15, 0.2) is 292 Å². The van der Waals surface area contributed by atoms with Crippen LogP contribution in [0.25, 0.3) is 168 Å². The quantitative estimate of drug-likeness (QED) is 0.160. The second kappa shape index (κ2) is 23.6. The van der Waals surface area contributed by atoms with Gasteiger partial charge in [0.25, 0.3) is 0 Å². The van der Waals surface area contributed by atoms with E-state index in [-0.39, 0.29) is 10.8 Å². The molecule has 7 nitrogen and oxygen atoms in total. The van der Waals surface area contributed by atoms with Crippen molar-refractivity contribution >= 4 is 118 Å². The molecular weight excluding hydrogens is 1310 g/mol. The second-order valence-electron chi connectivity index (χ2n) is 28.2. The molecule has 0 atom stereocenters. The van der Waals surface area contributed by atoms with Crippen molar-refractivity contribution in [3.63, 3.8) is 0 Å². The van der Waals surface area contributed by atoms with Gasteiger partial charge in [0.15, 0.2) is 22.6 Å². The Morgan fingerprint density at radius 1 is 0.340 bits per heavy atom. The highest BCUT2D eigenvalue weighted by Gasteiger charge is 2.38. The summed E-state index contributed by atoms with van der Waals surface area (Å²) in [7, 11) is 0. The van der Waals surface area contributed by atoms with Crippen molar-refractivity contribution in [2.45, 2.75) is 44.9 Å². The Kier molecular flexibility index (Phi) is 14.0. The average Bonchev–Trinajstić information content (AvgIpc) is 1.57. The van der Waals surface area contributed by atoms with Gasteiger partial charge in [-0.25, -0.2) is 19.9 Å². The van der Waals surface area contributed by atoms with Crippen molar-refractivity contribution in [3.05, 3.63) is 330 Å². The highest BCUT2D eigenvalue weighted by molar-refractivity contribution is 7.26. The van der Waals surface area contributed by atoms with Gasteiger partial charge < -0.3 is 0 Å². The molecule has 22 rings (SSSR count). The zero-order chi connectivity index (χ0) is 68.8. The number of fused-ring (bicyclic) bond motifs is 20. The number of para-hydroxylation sites is 1. The minimum Gasteiger partial charge on any atom is -0.292 e. The predicted molar refractivity (Wildman–Crippen MR) is 431 cm³/mol. The van der Waals surface area contributed by atoms with Crippen molar-refractivity contribution < 1.29 is 0 Å². The summed E-state index contributed by atoms with van der Waals surface area (Å²) in [6, 6.07) is 96.4. The molecule has 0 N–H and O–H groups in total. The number of pyridine rings is 2. The Bertz CT molecular complexity index is 6750. The number of nitrogens with zero attached hydrogens (tertiary/aromatic N) is 7. The summed E-state index contributed by atoms with van der Waals surface area (Å²) in [6.45, 7) is 9.31. The van der Waals surface area contributed by atoms with Crippen molar-refractivity contribution in [1.29, 1.82) is 0 Å². The van der Waals surface area contributed by atoms with Crippen LogP contribution >= 0.6 is 34.3 Å². The third-order valence-corrected chi connectivity index (χ3v) is 24.4. The number of hydrogen-bond donors (Lipinski definition) is 0. The molecule has 0 fully saturated rings. The van der Waals surface area contributed by atoms with E-state index < -0.39 is 0 Å². The summed E-state index contributed by atoms with van der Waals surface area (Å²) in [6.07, 6.45) is 8.20. The maximum Gasteiger partial charge on any atom is 0.162 e. The van der Waals surface area contributed by atoms with Crippen LogP contribution in [0.4, 0.5) is 0 Å². The molecule has 103 heavy (non-hydrogen) atoms. The van der Waals surface area contributed by atoms with Gasteiger partial charge in [-0.05, 0) is 190 Å². The molecule has 0 spiro atoms. The molecule has 0 bridgehead atoms. The zero-order valence-electron chi connectivity index (χ0n) is 56.7. The fraction of sp³-hybridized carbons (Fsp3) is 0.0753. The SMILES string of the molecule is CC1(C)c2ccccc2-c2c(-c3ccc4sc5c(-n6c7ccccc7c7cc8ccccc8cc76)nc(-c6ccncc6)nc5c4c3)cccc21.CC1(C)c2ccccc2-c2c(-c3ccc4sc5c(Cl)nc(-c6ccncc6)nc5c4c3)cccc21.c1ccc2c(c1)Cc1cc3ccccc3cc1-2. The molecule has 10 heteroatoms. The van der Waals surface area contributed by atoms with Crippen LogP contribution in [0.3, 0.4) is 0 Å². The average molecular weight is 1380 g/mol. The molecule has 0 radical (unpaired) electrons. The minimum absolute atomic E-state index is 0.0265. The molecule has 7 heterocycles. The summed E-state index contributed by atoms with van der Waals surface area (Å²) >= 11 is 10.1. The van der Waals surface area contributed by atoms with Crippen LogP contribution in [-0.2, 0) is 17.3 Å². The normalized spacial score (nSPS) is 13.4. The molecule has 0 amide bonds. The van der Waals surface area contributed by atoms with Crippen molar-refractivity contribution in [1.82, 2.24) is 34.5 Å². The lowest BCUT2D eigenvalue weighted by molar-refractivity contribution is 0.660. The lowest BCUT2D eigenvalue weighted by Gasteiger charge is -2.21. The number of thiophene rings is 2. The monoisotopic (exact) mass is 1380 g/mol. The van der Waals surface area contributed by atoms with Crippen LogP contribution in [-0.4, -0.2) is 34.5 Å². The molecule has 19 aromatic rings. The standard InChI is InChI=1S/C46H30N4S.C30H20ClN3S.C17H12/c1-46(2)36-15-7-5-13-33(36)41-31(14-9-16-37(41)46)30-18-19-40-35(25-30)42-43(51-40)45(49-44(48-42)27-20-22-47-23-21-27)50-38-17-8-6-12-32(38)34-24-28-10-3-4-11-29(28)26-39(34)50;1-30(2)22-8-4-3-6-20(22)25-19(7-5-9-23(25)30)18-10-11-24-21(16-18)26-27(35-24)28(31)34-29(33-26)17-12-14-32-15-13-17;1-2-6-13-11-17-15(9-12(13)5-1)10-14-7-3-4-8-16(14)17/h3-26H,1-2H3;3-16H,1-2H3;1-9,11H,10H2. The van der Waals surface area contributed by atoms with Gasteiger partial charge in [-0.1, -0.05) is 233 Å². The van der Waals surface area contributed by atoms with Gasteiger partial charge in [-0.3, -0.25) is 14.5 Å². The van der Waals surface area contributed by atoms with E-state index in [0.717, 1.165) is 70.3 Å². The first-order chi connectivity index (χ1) is 50.5. The largest absolute Gasteiger partial charge is 0.292 e. The number of rotatable bonds is 5. The number of benzene rings is 12. The van der Waals surface area contributed by atoms with Gasteiger partial charge in [-0.15, -0.1) is 22.7 Å². The van der Waals surface area contributed by atoms with Gasteiger partial charge in [0, 0.05) is 77.7 Å². The first kappa shape index (κ1) is 61.1. The van der Waals surface area contributed by atoms with E-state index in [4.69, 9.17) is 26.6 Å². The third-order valence-electron chi connectivity index (χ3n) is 21.7. The number of hydrogen-bond acceptors (Lipinski definition) is 8. The molecule has 0 unspecified atom stereocenters. The smallest absolute Gasteiger partial charge is 0.162 e. The Morgan fingerprint density at radius 2 is 0.816 bits per heavy atom. The van der Waals surface area contributed by atoms with E-state index in [1.807, 2.05) is 36.7 Å². The van der Waals surface area contributed by atoms with Gasteiger partial charge >= 0.3 is 0 Å². The topological polar surface area (TPSA) is 82.3 Å². The van der Waals surface area contributed by atoms with Crippen LogP contribution in [0, 0.1) is 0 Å². The van der Waals surface area contributed by atoms with Gasteiger partial charge in [0.05, 0.1) is 31.5 Å². The maximum absolute atomic E-state index is 6.65. The van der Waals surface area contributed by atoms with E-state index in [1.54, 1.807) is 35.1 Å². The maximum atomic E-state index is 6.65. The van der Waals surface area contributed by atoms with E-state index in [9.17, 15) is 0 Å². The summed E-state index contributed by atoms with van der Waals surface area (Å²) in [5.74, 6) is 2.20. The fourth-order valence-corrected chi connectivity index (χ4v) is 19.1. The molecule has 488 valence electrons. The number of aromatic nitrogens is 7. The van der Waals surface area contributed by atoms with Gasteiger partial charge in [0.1, 0.15) is 0 Å². The second-order valence-corrected chi connectivity index (χ2v) is 30.7. The molecule has 3 aliphatic rings. The van der Waals surface area contributed by atoms with Gasteiger partial charge in [-0.2, -0.15) is 0 Å². The summed E-state index contributed by atoms with van der Waals surface area (Å²) < 4.78 is 6.68. The lowest BCUT2D eigenvalue weighted by atomic mass is 9.82. The van der Waals surface area contributed by atoms with E-state index >= 15 is 0 Å². The Balaban J connectivity index is 0.000000117. The minimum atomic E-state index is -0.0592.